The van der Waals surface area contributed by atoms with Crippen molar-refractivity contribution in [3.05, 3.63) is 65.7 Å². The monoisotopic (exact) mass is 337 g/mol. The first-order valence-electron chi connectivity index (χ1n) is 8.90. The molecule has 0 spiro atoms. The molecule has 1 fully saturated rings. The SMILES string of the molecule is O=C(CSc1ccccc1)N(C1CC1)C1CCCc2ccccc21. The van der Waals surface area contributed by atoms with Crippen molar-refractivity contribution in [2.45, 2.75) is 49.1 Å². The Balaban J connectivity index is 1.52. The van der Waals surface area contributed by atoms with E-state index in [0.29, 0.717) is 17.7 Å². The summed E-state index contributed by atoms with van der Waals surface area (Å²) < 4.78 is 0. The summed E-state index contributed by atoms with van der Waals surface area (Å²) in [6.45, 7) is 0. The molecule has 0 heterocycles. The van der Waals surface area contributed by atoms with E-state index >= 15 is 0 Å². The Morgan fingerprint density at radius 2 is 1.75 bits per heavy atom. The lowest BCUT2D eigenvalue weighted by molar-refractivity contribution is -0.131. The molecular formula is C21H23NOS. The van der Waals surface area contributed by atoms with Crippen LogP contribution in [0.1, 0.15) is 42.9 Å². The number of amides is 1. The quantitative estimate of drug-likeness (QED) is 0.727. The Morgan fingerprint density at radius 1 is 1.00 bits per heavy atom. The van der Waals surface area contributed by atoms with E-state index in [9.17, 15) is 4.79 Å². The normalized spacial score (nSPS) is 19.6. The number of hydrogen-bond acceptors (Lipinski definition) is 2. The lowest BCUT2D eigenvalue weighted by Crippen LogP contribution is -2.39. The van der Waals surface area contributed by atoms with Crippen molar-refractivity contribution in [2.75, 3.05) is 5.75 Å². The summed E-state index contributed by atoms with van der Waals surface area (Å²) >= 11 is 1.66. The van der Waals surface area contributed by atoms with Crippen molar-refractivity contribution in [3.63, 3.8) is 0 Å². The van der Waals surface area contributed by atoms with E-state index in [2.05, 4.69) is 41.3 Å². The number of benzene rings is 2. The van der Waals surface area contributed by atoms with Crippen LogP contribution < -0.4 is 0 Å². The fourth-order valence-corrected chi connectivity index (χ4v) is 4.53. The third kappa shape index (κ3) is 3.36. The molecule has 2 aliphatic carbocycles. The maximum atomic E-state index is 13.0. The van der Waals surface area contributed by atoms with Crippen molar-refractivity contribution >= 4 is 17.7 Å². The third-order valence-corrected chi connectivity index (χ3v) is 6.00. The Morgan fingerprint density at radius 3 is 2.54 bits per heavy atom. The van der Waals surface area contributed by atoms with Gasteiger partial charge in [-0.3, -0.25) is 4.79 Å². The average molecular weight is 337 g/mol. The van der Waals surface area contributed by atoms with Crippen LogP contribution in [0.25, 0.3) is 0 Å². The highest BCUT2D eigenvalue weighted by molar-refractivity contribution is 8.00. The highest BCUT2D eigenvalue weighted by Gasteiger charge is 2.39. The van der Waals surface area contributed by atoms with Gasteiger partial charge in [0.25, 0.3) is 0 Å². The minimum Gasteiger partial charge on any atom is -0.332 e. The summed E-state index contributed by atoms with van der Waals surface area (Å²) in [5, 5.41) is 0. The molecule has 0 saturated heterocycles. The van der Waals surface area contributed by atoms with E-state index in [1.54, 1.807) is 11.8 Å². The molecule has 0 radical (unpaired) electrons. The molecule has 1 unspecified atom stereocenters. The van der Waals surface area contributed by atoms with Crippen LogP contribution in [0.3, 0.4) is 0 Å². The number of rotatable bonds is 5. The maximum absolute atomic E-state index is 13.0. The van der Waals surface area contributed by atoms with Crippen molar-refractivity contribution < 1.29 is 4.79 Å². The molecule has 0 aliphatic heterocycles. The molecule has 0 N–H and O–H groups in total. The van der Waals surface area contributed by atoms with Gasteiger partial charge in [0.05, 0.1) is 11.8 Å². The Labute approximate surface area is 148 Å². The van der Waals surface area contributed by atoms with Gasteiger partial charge in [0.15, 0.2) is 0 Å². The van der Waals surface area contributed by atoms with Gasteiger partial charge in [-0.05, 0) is 55.4 Å². The first kappa shape index (κ1) is 15.8. The summed E-state index contributed by atoms with van der Waals surface area (Å²) in [5.41, 5.74) is 2.82. The fraction of sp³-hybridized carbons (Fsp3) is 0.381. The first-order chi connectivity index (χ1) is 11.8. The van der Waals surface area contributed by atoms with Gasteiger partial charge < -0.3 is 4.90 Å². The zero-order valence-corrected chi connectivity index (χ0v) is 14.7. The number of nitrogens with zero attached hydrogens (tertiary/aromatic N) is 1. The summed E-state index contributed by atoms with van der Waals surface area (Å²) in [7, 11) is 0. The first-order valence-corrected chi connectivity index (χ1v) is 9.88. The van der Waals surface area contributed by atoms with Crippen LogP contribution in [-0.2, 0) is 11.2 Å². The number of aryl methyl sites for hydroxylation is 1. The third-order valence-electron chi connectivity index (χ3n) is 5.01. The van der Waals surface area contributed by atoms with Crippen molar-refractivity contribution in [1.29, 1.82) is 0 Å². The average Bonchev–Trinajstić information content (AvgIpc) is 3.46. The number of fused-ring (bicyclic) bond motifs is 1. The Kier molecular flexibility index (Phi) is 4.61. The van der Waals surface area contributed by atoms with Gasteiger partial charge in [0.2, 0.25) is 5.91 Å². The highest BCUT2D eigenvalue weighted by Crippen LogP contribution is 2.41. The molecule has 4 rings (SSSR count). The number of carbonyl (C=O) groups excluding carboxylic acids is 1. The van der Waals surface area contributed by atoms with Crippen molar-refractivity contribution in [1.82, 2.24) is 4.90 Å². The molecule has 2 aromatic rings. The fourth-order valence-electron chi connectivity index (χ4n) is 3.74. The molecular weight excluding hydrogens is 314 g/mol. The van der Waals surface area contributed by atoms with Crippen LogP contribution in [0.15, 0.2) is 59.5 Å². The minimum atomic E-state index is 0.284. The molecule has 0 aromatic heterocycles. The predicted molar refractivity (Wildman–Crippen MR) is 99.2 cm³/mol. The molecule has 1 atom stereocenters. The second kappa shape index (κ2) is 7.02. The second-order valence-electron chi connectivity index (χ2n) is 6.74. The van der Waals surface area contributed by atoms with Gasteiger partial charge in [0.1, 0.15) is 0 Å². The van der Waals surface area contributed by atoms with Crippen molar-refractivity contribution in [3.8, 4) is 0 Å². The summed E-state index contributed by atoms with van der Waals surface area (Å²) in [6, 6.07) is 19.7. The number of thioether (sulfide) groups is 1. The zero-order chi connectivity index (χ0) is 16.4. The second-order valence-corrected chi connectivity index (χ2v) is 7.79. The molecule has 24 heavy (non-hydrogen) atoms. The van der Waals surface area contributed by atoms with E-state index in [0.717, 1.165) is 12.8 Å². The standard InChI is InChI=1S/C21H23NOS/c23-21(15-24-18-9-2-1-3-10-18)22(17-13-14-17)20-12-6-8-16-7-4-5-11-19(16)20/h1-5,7,9-11,17,20H,6,8,12-15H2. The molecule has 2 aromatic carbocycles. The van der Waals surface area contributed by atoms with Gasteiger partial charge >= 0.3 is 0 Å². The molecule has 2 nitrogen and oxygen atoms in total. The number of hydrogen-bond donors (Lipinski definition) is 0. The largest absolute Gasteiger partial charge is 0.332 e. The lowest BCUT2D eigenvalue weighted by atomic mass is 9.86. The Bertz CT molecular complexity index is 711. The van der Waals surface area contributed by atoms with E-state index in [1.165, 1.54) is 35.3 Å². The summed E-state index contributed by atoms with van der Waals surface area (Å²) in [6.07, 6.45) is 5.78. The van der Waals surface area contributed by atoms with Crippen molar-refractivity contribution in [2.24, 2.45) is 0 Å². The topological polar surface area (TPSA) is 20.3 Å². The summed E-state index contributed by atoms with van der Waals surface area (Å²) in [5.74, 6) is 0.840. The van der Waals surface area contributed by atoms with E-state index in [-0.39, 0.29) is 6.04 Å². The van der Waals surface area contributed by atoms with Crippen LogP contribution in [0.5, 0.6) is 0 Å². The Hall–Kier alpha value is -1.74. The zero-order valence-electron chi connectivity index (χ0n) is 13.9. The van der Waals surface area contributed by atoms with Crippen LogP contribution in [0.4, 0.5) is 0 Å². The predicted octanol–water partition coefficient (Wildman–Crippen LogP) is 4.85. The van der Waals surface area contributed by atoms with Crippen LogP contribution >= 0.6 is 11.8 Å². The van der Waals surface area contributed by atoms with Crippen LogP contribution in [0, 0.1) is 0 Å². The molecule has 1 amide bonds. The van der Waals surface area contributed by atoms with Gasteiger partial charge in [-0.25, -0.2) is 0 Å². The van der Waals surface area contributed by atoms with E-state index in [4.69, 9.17) is 0 Å². The maximum Gasteiger partial charge on any atom is 0.233 e. The lowest BCUT2D eigenvalue weighted by Gasteiger charge is -2.36. The smallest absolute Gasteiger partial charge is 0.233 e. The van der Waals surface area contributed by atoms with Gasteiger partial charge in [-0.2, -0.15) is 0 Å². The van der Waals surface area contributed by atoms with Gasteiger partial charge in [-0.15, -0.1) is 11.8 Å². The van der Waals surface area contributed by atoms with Gasteiger partial charge in [0, 0.05) is 10.9 Å². The van der Waals surface area contributed by atoms with Crippen LogP contribution in [0.2, 0.25) is 0 Å². The molecule has 0 bridgehead atoms. The minimum absolute atomic E-state index is 0.284. The molecule has 3 heteroatoms. The summed E-state index contributed by atoms with van der Waals surface area (Å²) in [4.78, 5) is 16.4. The van der Waals surface area contributed by atoms with Gasteiger partial charge in [-0.1, -0.05) is 42.5 Å². The van der Waals surface area contributed by atoms with Crippen LogP contribution in [-0.4, -0.2) is 22.6 Å². The van der Waals surface area contributed by atoms with E-state index < -0.39 is 0 Å². The molecule has 1 saturated carbocycles. The number of carbonyl (C=O) groups is 1. The molecule has 124 valence electrons. The molecule has 2 aliphatic rings. The highest BCUT2D eigenvalue weighted by atomic mass is 32.2. The van der Waals surface area contributed by atoms with E-state index in [1.807, 2.05) is 18.2 Å².